The Morgan fingerprint density at radius 3 is 1.14 bits per heavy atom. The molecule has 7 nitrogen and oxygen atoms in total. The number of hydrogen-bond acceptors (Lipinski definition) is 5. The number of aliphatic hydroxyl groups is 2. The second kappa shape index (κ2) is 43.6. The van der Waals surface area contributed by atoms with Gasteiger partial charge in [0.1, 0.15) is 6.10 Å². The number of unbranched alkanes of at least 4 members (excludes halogenated alkanes) is 32. The molecule has 4 N–H and O–H groups in total. The lowest BCUT2D eigenvalue weighted by atomic mass is 10.0. The third-order valence-electron chi connectivity index (χ3n) is 11.4. The van der Waals surface area contributed by atoms with Crippen LogP contribution in [0.25, 0.3) is 0 Å². The maximum absolute atomic E-state index is 12.7. The molecule has 0 radical (unpaired) electrons. The van der Waals surface area contributed by atoms with E-state index in [0.29, 0.717) is 12.8 Å². The molecular formula is C50H95NO6S. The molecule has 342 valence electrons. The van der Waals surface area contributed by atoms with Crippen molar-refractivity contribution in [3.8, 4) is 0 Å². The number of amides is 1. The SMILES string of the molecule is CCCCCCCCCCCCC/C=C/CC/C=C/CC/C=C/C(O)C(CS(=O)(=O)O)NC(=O)C(O)CCCCCCCCCCCCCCCCCCCCCC. The average Bonchev–Trinajstić information content (AvgIpc) is 3.19. The summed E-state index contributed by atoms with van der Waals surface area (Å²) in [6, 6.07) is -1.25. The van der Waals surface area contributed by atoms with E-state index < -0.39 is 40.0 Å². The van der Waals surface area contributed by atoms with Crippen LogP contribution in [0.5, 0.6) is 0 Å². The first-order chi connectivity index (χ1) is 28.2. The van der Waals surface area contributed by atoms with E-state index >= 15 is 0 Å². The minimum atomic E-state index is -4.46. The smallest absolute Gasteiger partial charge is 0.267 e. The number of aliphatic hydroxyl groups excluding tert-OH is 2. The first-order valence-corrected chi connectivity index (χ1v) is 26.4. The quantitative estimate of drug-likeness (QED) is 0.0275. The molecule has 0 aromatic rings. The van der Waals surface area contributed by atoms with Crippen molar-refractivity contribution in [1.82, 2.24) is 5.32 Å². The summed E-state index contributed by atoms with van der Waals surface area (Å²) < 4.78 is 32.7. The largest absolute Gasteiger partial charge is 0.387 e. The molecule has 0 aliphatic carbocycles. The maximum atomic E-state index is 12.7. The fourth-order valence-corrected chi connectivity index (χ4v) is 8.34. The minimum Gasteiger partial charge on any atom is -0.387 e. The van der Waals surface area contributed by atoms with Crippen molar-refractivity contribution in [1.29, 1.82) is 0 Å². The average molecular weight is 838 g/mol. The fraction of sp³-hybridized carbons (Fsp3) is 0.860. The van der Waals surface area contributed by atoms with Gasteiger partial charge in [-0.2, -0.15) is 8.42 Å². The van der Waals surface area contributed by atoms with Crippen molar-refractivity contribution in [3.63, 3.8) is 0 Å². The number of allylic oxidation sites excluding steroid dienone is 5. The molecule has 0 heterocycles. The lowest BCUT2D eigenvalue weighted by Crippen LogP contribution is -2.50. The van der Waals surface area contributed by atoms with Crippen molar-refractivity contribution in [2.75, 3.05) is 5.75 Å². The number of hydrogen-bond donors (Lipinski definition) is 4. The second-order valence-corrected chi connectivity index (χ2v) is 18.7. The molecule has 0 aliphatic heterocycles. The molecular weight excluding hydrogens is 743 g/mol. The number of carbonyl (C=O) groups is 1. The standard InChI is InChI=1S/C50H95NO6S/c1-3-5-7-9-11-13-15-17-19-21-23-25-27-28-30-32-34-36-38-40-42-44-48(52)47(46-58(55,56)57)51-50(54)49(53)45-43-41-39-37-35-33-31-29-26-24-22-20-18-16-14-12-10-8-6-4-2/h27-28,34,36,42,44,47-49,52-53H,3-26,29-33,35,37-41,43,45-46H2,1-2H3,(H,51,54)(H,55,56,57)/b28-27+,36-34+,44-42+. The van der Waals surface area contributed by atoms with Crippen LogP contribution in [0.15, 0.2) is 36.5 Å². The molecule has 3 unspecified atom stereocenters. The van der Waals surface area contributed by atoms with Crippen LogP contribution < -0.4 is 5.32 Å². The van der Waals surface area contributed by atoms with Crippen LogP contribution in [0.4, 0.5) is 0 Å². The monoisotopic (exact) mass is 838 g/mol. The third kappa shape index (κ3) is 42.6. The lowest BCUT2D eigenvalue weighted by molar-refractivity contribution is -0.130. The van der Waals surface area contributed by atoms with E-state index in [2.05, 4.69) is 43.5 Å². The van der Waals surface area contributed by atoms with Crippen molar-refractivity contribution in [2.24, 2.45) is 0 Å². The molecule has 3 atom stereocenters. The van der Waals surface area contributed by atoms with E-state index in [-0.39, 0.29) is 6.42 Å². The summed E-state index contributed by atoms with van der Waals surface area (Å²) >= 11 is 0. The topological polar surface area (TPSA) is 124 Å². The van der Waals surface area contributed by atoms with Crippen LogP contribution in [0.2, 0.25) is 0 Å². The Balaban J connectivity index is 3.97. The molecule has 0 bridgehead atoms. The zero-order chi connectivity index (χ0) is 42.6. The molecule has 0 aromatic carbocycles. The summed E-state index contributed by atoms with van der Waals surface area (Å²) in [4.78, 5) is 12.7. The van der Waals surface area contributed by atoms with Crippen LogP contribution in [0.1, 0.15) is 251 Å². The molecule has 0 spiro atoms. The van der Waals surface area contributed by atoms with Gasteiger partial charge >= 0.3 is 0 Å². The Kier molecular flexibility index (Phi) is 42.5. The highest BCUT2D eigenvalue weighted by Gasteiger charge is 2.27. The summed E-state index contributed by atoms with van der Waals surface area (Å²) in [6.45, 7) is 4.54. The summed E-state index contributed by atoms with van der Waals surface area (Å²) in [5.74, 6) is -1.56. The summed E-state index contributed by atoms with van der Waals surface area (Å²) in [5, 5.41) is 23.5. The minimum absolute atomic E-state index is 0.275. The van der Waals surface area contributed by atoms with Crippen molar-refractivity contribution < 1.29 is 28.0 Å². The Labute approximate surface area is 359 Å². The van der Waals surface area contributed by atoms with Crippen LogP contribution in [-0.4, -0.2) is 53.1 Å². The third-order valence-corrected chi connectivity index (χ3v) is 12.2. The van der Waals surface area contributed by atoms with E-state index in [1.54, 1.807) is 6.08 Å². The highest BCUT2D eigenvalue weighted by atomic mass is 32.2. The van der Waals surface area contributed by atoms with Crippen molar-refractivity contribution in [3.05, 3.63) is 36.5 Å². The van der Waals surface area contributed by atoms with E-state index in [1.807, 2.05) is 0 Å². The van der Waals surface area contributed by atoms with Gasteiger partial charge in [-0.25, -0.2) is 0 Å². The number of nitrogens with one attached hydrogen (secondary N) is 1. The molecule has 0 rings (SSSR count). The summed E-state index contributed by atoms with van der Waals surface area (Å²) in [5.41, 5.74) is 0. The van der Waals surface area contributed by atoms with Gasteiger partial charge < -0.3 is 15.5 Å². The summed E-state index contributed by atoms with van der Waals surface area (Å²) in [7, 11) is -4.46. The fourth-order valence-electron chi connectivity index (χ4n) is 7.61. The van der Waals surface area contributed by atoms with Gasteiger partial charge in [0.05, 0.1) is 17.9 Å². The van der Waals surface area contributed by atoms with Gasteiger partial charge in [-0.15, -0.1) is 0 Å². The van der Waals surface area contributed by atoms with Crippen molar-refractivity contribution >= 4 is 16.0 Å². The zero-order valence-electron chi connectivity index (χ0n) is 38.0. The number of rotatable bonds is 45. The maximum Gasteiger partial charge on any atom is 0.267 e. The molecule has 0 aliphatic rings. The zero-order valence-corrected chi connectivity index (χ0v) is 38.9. The van der Waals surface area contributed by atoms with E-state index in [0.717, 1.165) is 44.9 Å². The predicted octanol–water partition coefficient (Wildman–Crippen LogP) is 14.2. The second-order valence-electron chi connectivity index (χ2n) is 17.2. The van der Waals surface area contributed by atoms with Gasteiger partial charge in [0.15, 0.2) is 0 Å². The number of carbonyl (C=O) groups excluding carboxylic acids is 1. The van der Waals surface area contributed by atoms with Crippen LogP contribution >= 0.6 is 0 Å². The van der Waals surface area contributed by atoms with Crippen molar-refractivity contribution in [2.45, 2.75) is 270 Å². The molecule has 0 aromatic heterocycles. The first kappa shape index (κ1) is 56.5. The predicted molar refractivity (Wildman–Crippen MR) is 250 cm³/mol. The molecule has 0 saturated heterocycles. The van der Waals surface area contributed by atoms with Crippen LogP contribution in [-0.2, 0) is 14.9 Å². The molecule has 0 fully saturated rings. The van der Waals surface area contributed by atoms with Gasteiger partial charge in [-0.1, -0.05) is 243 Å². The molecule has 8 heteroatoms. The van der Waals surface area contributed by atoms with Crippen LogP contribution in [0, 0.1) is 0 Å². The Morgan fingerprint density at radius 2 is 0.776 bits per heavy atom. The lowest BCUT2D eigenvalue weighted by Gasteiger charge is -2.22. The normalized spacial score (nSPS) is 13.9. The first-order valence-electron chi connectivity index (χ1n) is 24.8. The molecule has 0 saturated carbocycles. The summed E-state index contributed by atoms with van der Waals surface area (Å²) in [6.07, 6.45) is 55.0. The van der Waals surface area contributed by atoms with Gasteiger partial charge in [0.2, 0.25) is 5.91 Å². The Hall–Kier alpha value is -1.48. The van der Waals surface area contributed by atoms with E-state index in [9.17, 15) is 28.0 Å². The van der Waals surface area contributed by atoms with E-state index in [1.165, 1.54) is 179 Å². The highest BCUT2D eigenvalue weighted by Crippen LogP contribution is 2.16. The van der Waals surface area contributed by atoms with Gasteiger partial charge in [-0.05, 0) is 44.9 Å². The molecule has 58 heavy (non-hydrogen) atoms. The highest BCUT2D eigenvalue weighted by molar-refractivity contribution is 7.85. The molecule has 1 amide bonds. The van der Waals surface area contributed by atoms with Gasteiger partial charge in [0.25, 0.3) is 10.1 Å². The van der Waals surface area contributed by atoms with Crippen LogP contribution in [0.3, 0.4) is 0 Å². The van der Waals surface area contributed by atoms with Gasteiger partial charge in [0, 0.05) is 0 Å². The van der Waals surface area contributed by atoms with E-state index in [4.69, 9.17) is 0 Å². The van der Waals surface area contributed by atoms with Gasteiger partial charge in [-0.3, -0.25) is 9.35 Å². The Bertz CT molecular complexity index is 1070. The Morgan fingerprint density at radius 1 is 0.466 bits per heavy atom.